The number of aromatic nitrogens is 1. The molecule has 0 aliphatic rings. The smallest absolute Gasteiger partial charge is 0.210 e. The first-order chi connectivity index (χ1) is 8.83. The minimum atomic E-state index is 0.808. The van der Waals surface area contributed by atoms with Gasteiger partial charge in [-0.1, -0.05) is 53.8 Å². The summed E-state index contributed by atoms with van der Waals surface area (Å²) < 4.78 is 1.19. The summed E-state index contributed by atoms with van der Waals surface area (Å²) in [5.41, 5.74) is 3.35. The Morgan fingerprint density at radius 3 is 2.67 bits per heavy atom. The van der Waals surface area contributed by atoms with E-state index in [1.54, 1.807) is 11.3 Å². The molecule has 0 saturated carbocycles. The van der Waals surface area contributed by atoms with E-state index in [2.05, 4.69) is 35.1 Å². The summed E-state index contributed by atoms with van der Waals surface area (Å²) in [6, 6.07) is 16.3. The van der Waals surface area contributed by atoms with Gasteiger partial charge >= 0.3 is 0 Å². The summed E-state index contributed by atoms with van der Waals surface area (Å²) in [7, 11) is 0. The van der Waals surface area contributed by atoms with E-state index in [1.807, 2.05) is 36.5 Å². The van der Waals surface area contributed by atoms with Gasteiger partial charge in [0.1, 0.15) is 0 Å². The fourth-order valence-electron chi connectivity index (χ4n) is 1.80. The van der Waals surface area contributed by atoms with Crippen LogP contribution in [-0.2, 0) is 0 Å². The Hall–Kier alpha value is -2.00. The van der Waals surface area contributed by atoms with Crippen molar-refractivity contribution < 1.29 is 0 Å². The molecule has 0 aliphatic heterocycles. The summed E-state index contributed by atoms with van der Waals surface area (Å²) >= 11 is 1.62. The molecule has 2 nitrogen and oxygen atoms in total. The van der Waals surface area contributed by atoms with E-state index in [4.69, 9.17) is 0 Å². The van der Waals surface area contributed by atoms with Crippen LogP contribution in [0, 0.1) is 6.92 Å². The van der Waals surface area contributed by atoms with Gasteiger partial charge in [-0.25, -0.2) is 9.98 Å². The van der Waals surface area contributed by atoms with Crippen LogP contribution in [0.3, 0.4) is 0 Å². The second-order valence-corrected chi connectivity index (χ2v) is 5.10. The summed E-state index contributed by atoms with van der Waals surface area (Å²) in [4.78, 5) is 8.99. The van der Waals surface area contributed by atoms with Crippen molar-refractivity contribution in [1.29, 1.82) is 0 Å². The maximum absolute atomic E-state index is 4.55. The van der Waals surface area contributed by atoms with Crippen LogP contribution in [0.4, 0.5) is 5.13 Å². The van der Waals surface area contributed by atoms with Crippen LogP contribution in [0.25, 0.3) is 10.2 Å². The number of fused-ring (bicyclic) bond motifs is 1. The van der Waals surface area contributed by atoms with Crippen molar-refractivity contribution in [2.24, 2.45) is 4.99 Å². The highest BCUT2D eigenvalue weighted by molar-refractivity contribution is 7.22. The van der Waals surface area contributed by atoms with E-state index in [0.29, 0.717) is 0 Å². The molecule has 1 aromatic heterocycles. The molecule has 0 saturated heterocycles. The Labute approximate surface area is 110 Å². The van der Waals surface area contributed by atoms with Crippen molar-refractivity contribution in [3.8, 4) is 0 Å². The van der Waals surface area contributed by atoms with Gasteiger partial charge in [0, 0.05) is 6.21 Å². The van der Waals surface area contributed by atoms with E-state index < -0.39 is 0 Å². The number of thiazole rings is 1. The van der Waals surface area contributed by atoms with Gasteiger partial charge in [-0.15, -0.1) is 0 Å². The molecule has 0 bridgehead atoms. The average molecular weight is 252 g/mol. The van der Waals surface area contributed by atoms with Gasteiger partial charge in [0.25, 0.3) is 0 Å². The number of para-hydroxylation sites is 1. The lowest BCUT2D eigenvalue weighted by molar-refractivity contribution is 1.38. The van der Waals surface area contributed by atoms with Crippen LogP contribution in [0.15, 0.2) is 53.5 Å². The maximum Gasteiger partial charge on any atom is 0.210 e. The van der Waals surface area contributed by atoms with Gasteiger partial charge < -0.3 is 0 Å². The van der Waals surface area contributed by atoms with Gasteiger partial charge in [0.2, 0.25) is 5.13 Å². The predicted octanol–water partition coefficient (Wildman–Crippen LogP) is 4.36. The zero-order valence-electron chi connectivity index (χ0n) is 10.00. The van der Waals surface area contributed by atoms with Crippen molar-refractivity contribution in [3.63, 3.8) is 0 Å². The third kappa shape index (κ3) is 2.17. The van der Waals surface area contributed by atoms with Crippen LogP contribution in [0.2, 0.25) is 0 Å². The van der Waals surface area contributed by atoms with Gasteiger partial charge in [-0.2, -0.15) is 0 Å². The summed E-state index contributed by atoms with van der Waals surface area (Å²) in [6.45, 7) is 2.08. The average Bonchev–Trinajstić information content (AvgIpc) is 2.82. The largest absolute Gasteiger partial charge is 0.227 e. The lowest BCUT2D eigenvalue weighted by atomic mass is 10.2. The highest BCUT2D eigenvalue weighted by Crippen LogP contribution is 2.29. The minimum absolute atomic E-state index is 0.808. The Morgan fingerprint density at radius 2 is 1.89 bits per heavy atom. The number of nitrogens with zero attached hydrogens (tertiary/aromatic N) is 2. The zero-order chi connectivity index (χ0) is 12.4. The Kier molecular flexibility index (Phi) is 2.90. The monoisotopic (exact) mass is 252 g/mol. The Bertz CT molecular complexity index is 699. The molecule has 0 radical (unpaired) electrons. The van der Waals surface area contributed by atoms with Crippen LogP contribution in [0.1, 0.15) is 11.1 Å². The van der Waals surface area contributed by atoms with Crippen LogP contribution in [0.5, 0.6) is 0 Å². The first-order valence-electron chi connectivity index (χ1n) is 5.78. The molecule has 0 spiro atoms. The minimum Gasteiger partial charge on any atom is -0.227 e. The Morgan fingerprint density at radius 1 is 1.06 bits per heavy atom. The van der Waals surface area contributed by atoms with Crippen molar-refractivity contribution in [2.75, 3.05) is 0 Å². The molecule has 3 heteroatoms. The molecule has 0 atom stereocenters. The van der Waals surface area contributed by atoms with Gasteiger partial charge in [-0.3, -0.25) is 0 Å². The summed E-state index contributed by atoms with van der Waals surface area (Å²) in [5, 5.41) is 0.808. The van der Waals surface area contributed by atoms with E-state index in [1.165, 1.54) is 10.3 Å². The second kappa shape index (κ2) is 4.70. The first-order valence-corrected chi connectivity index (χ1v) is 6.60. The third-order valence-corrected chi connectivity index (χ3v) is 3.66. The number of rotatable bonds is 2. The number of aryl methyl sites for hydroxylation is 1. The van der Waals surface area contributed by atoms with Gasteiger partial charge in [0.05, 0.1) is 10.2 Å². The molecule has 0 aliphatic carbocycles. The van der Waals surface area contributed by atoms with Crippen molar-refractivity contribution in [2.45, 2.75) is 6.92 Å². The molecule has 2 aromatic carbocycles. The molecule has 3 rings (SSSR count). The fourth-order valence-corrected chi connectivity index (χ4v) is 2.69. The highest BCUT2D eigenvalue weighted by atomic mass is 32.1. The molecule has 1 heterocycles. The standard InChI is InChI=1S/C15H12N2S/c1-11-6-5-9-13-14(11)17-15(18-13)16-10-12-7-3-2-4-8-12/h2-10H,1H3/b16-10+. The molecular weight excluding hydrogens is 240 g/mol. The van der Waals surface area contributed by atoms with Gasteiger partial charge in [-0.05, 0) is 24.1 Å². The van der Waals surface area contributed by atoms with Crippen molar-refractivity contribution in [3.05, 3.63) is 59.7 Å². The third-order valence-electron chi connectivity index (χ3n) is 2.73. The van der Waals surface area contributed by atoms with Crippen molar-refractivity contribution >= 4 is 32.9 Å². The zero-order valence-corrected chi connectivity index (χ0v) is 10.8. The van der Waals surface area contributed by atoms with Crippen molar-refractivity contribution in [1.82, 2.24) is 4.98 Å². The molecule has 18 heavy (non-hydrogen) atoms. The lowest BCUT2D eigenvalue weighted by Crippen LogP contribution is -1.77. The van der Waals surface area contributed by atoms with E-state index in [-0.39, 0.29) is 0 Å². The molecule has 0 amide bonds. The van der Waals surface area contributed by atoms with E-state index >= 15 is 0 Å². The molecule has 3 aromatic rings. The quantitative estimate of drug-likeness (QED) is 0.622. The molecular formula is C15H12N2S. The maximum atomic E-state index is 4.55. The highest BCUT2D eigenvalue weighted by Gasteiger charge is 2.03. The molecule has 0 fully saturated rings. The SMILES string of the molecule is Cc1cccc2sc(/N=C/c3ccccc3)nc12. The molecule has 0 N–H and O–H groups in total. The van der Waals surface area contributed by atoms with Crippen LogP contribution in [-0.4, -0.2) is 11.2 Å². The fraction of sp³-hybridized carbons (Fsp3) is 0.0667. The van der Waals surface area contributed by atoms with Gasteiger partial charge in [0.15, 0.2) is 0 Å². The lowest BCUT2D eigenvalue weighted by Gasteiger charge is -1.90. The number of hydrogen-bond donors (Lipinski definition) is 0. The number of hydrogen-bond acceptors (Lipinski definition) is 3. The van der Waals surface area contributed by atoms with Crippen LogP contribution < -0.4 is 0 Å². The predicted molar refractivity (Wildman–Crippen MR) is 78.1 cm³/mol. The number of aliphatic imine (C=N–C) groups is 1. The van der Waals surface area contributed by atoms with Crippen LogP contribution >= 0.6 is 11.3 Å². The number of benzene rings is 2. The molecule has 0 unspecified atom stereocenters. The Balaban J connectivity index is 1.96. The normalized spacial score (nSPS) is 11.4. The second-order valence-electron chi connectivity index (χ2n) is 4.09. The topological polar surface area (TPSA) is 25.2 Å². The summed E-state index contributed by atoms with van der Waals surface area (Å²) in [5.74, 6) is 0. The van der Waals surface area contributed by atoms with E-state index in [0.717, 1.165) is 16.2 Å². The van der Waals surface area contributed by atoms with E-state index in [9.17, 15) is 0 Å². The summed E-state index contributed by atoms with van der Waals surface area (Å²) in [6.07, 6.45) is 1.85. The first kappa shape index (κ1) is 11.1. The molecule has 88 valence electrons.